The van der Waals surface area contributed by atoms with Crippen molar-refractivity contribution in [1.82, 2.24) is 4.98 Å². The van der Waals surface area contributed by atoms with Crippen molar-refractivity contribution < 1.29 is 22.8 Å². The van der Waals surface area contributed by atoms with Gasteiger partial charge in [0.05, 0.1) is 23.7 Å². The molecule has 0 saturated heterocycles. The molecule has 8 nitrogen and oxygen atoms in total. The number of aromatic nitrogens is 1. The third-order valence-corrected chi connectivity index (χ3v) is 1.99. The van der Waals surface area contributed by atoms with Crippen LogP contribution in [0.25, 0.3) is 0 Å². The van der Waals surface area contributed by atoms with Crippen molar-refractivity contribution in [2.24, 2.45) is 5.84 Å². The third kappa shape index (κ3) is 5.67. The molecule has 0 aliphatic rings. The molecule has 0 aliphatic heterocycles. The molecule has 11 heteroatoms. The van der Waals surface area contributed by atoms with E-state index >= 15 is 0 Å². The minimum absolute atomic E-state index is 0.00819. The SMILES string of the molecule is NNc1cc([N+](=O)[O-])cc(NCCOCC(F)(F)F)n1. The van der Waals surface area contributed by atoms with E-state index in [4.69, 9.17) is 5.84 Å². The summed E-state index contributed by atoms with van der Waals surface area (Å²) in [5, 5.41) is 13.2. The van der Waals surface area contributed by atoms with Gasteiger partial charge in [0.25, 0.3) is 5.69 Å². The first-order chi connectivity index (χ1) is 9.31. The average Bonchev–Trinajstić information content (AvgIpc) is 2.36. The Morgan fingerprint density at radius 2 is 2.05 bits per heavy atom. The standard InChI is InChI=1S/C9H12F3N5O3/c10-9(11,12)5-20-2-1-14-7-3-6(17(18)19)4-8(15-7)16-13/h3-4H,1-2,5,13H2,(H2,14,15,16). The number of alkyl halides is 3. The number of pyridine rings is 1. The first-order valence-electron chi connectivity index (χ1n) is 5.33. The molecule has 0 saturated carbocycles. The van der Waals surface area contributed by atoms with Crippen LogP contribution < -0.4 is 16.6 Å². The second kappa shape index (κ2) is 6.86. The highest BCUT2D eigenvalue weighted by Crippen LogP contribution is 2.19. The highest BCUT2D eigenvalue weighted by molar-refractivity contribution is 5.54. The zero-order chi connectivity index (χ0) is 15.2. The molecule has 0 amide bonds. The van der Waals surface area contributed by atoms with E-state index in [0.29, 0.717) is 0 Å². The van der Waals surface area contributed by atoms with Gasteiger partial charge in [-0.15, -0.1) is 0 Å². The summed E-state index contributed by atoms with van der Waals surface area (Å²) in [4.78, 5) is 13.8. The maximum Gasteiger partial charge on any atom is 0.411 e. The van der Waals surface area contributed by atoms with Gasteiger partial charge in [-0.25, -0.2) is 10.8 Å². The van der Waals surface area contributed by atoms with Crippen LogP contribution in [0.2, 0.25) is 0 Å². The Morgan fingerprint density at radius 3 is 2.60 bits per heavy atom. The predicted molar refractivity (Wildman–Crippen MR) is 64.1 cm³/mol. The highest BCUT2D eigenvalue weighted by atomic mass is 19.4. The first kappa shape index (κ1) is 15.9. The molecule has 1 heterocycles. The van der Waals surface area contributed by atoms with Gasteiger partial charge in [0.1, 0.15) is 18.2 Å². The molecule has 1 aromatic heterocycles. The van der Waals surface area contributed by atoms with Gasteiger partial charge in [0.15, 0.2) is 0 Å². The van der Waals surface area contributed by atoms with Crippen LogP contribution >= 0.6 is 0 Å². The van der Waals surface area contributed by atoms with Crippen LogP contribution in [0.3, 0.4) is 0 Å². The summed E-state index contributed by atoms with van der Waals surface area (Å²) in [6.45, 7) is -1.57. The van der Waals surface area contributed by atoms with Gasteiger partial charge in [-0.2, -0.15) is 13.2 Å². The van der Waals surface area contributed by atoms with Crippen molar-refractivity contribution in [3.63, 3.8) is 0 Å². The van der Waals surface area contributed by atoms with Crippen molar-refractivity contribution in [1.29, 1.82) is 0 Å². The topological polar surface area (TPSA) is 115 Å². The molecule has 0 aromatic carbocycles. The van der Waals surface area contributed by atoms with Crippen molar-refractivity contribution in [2.45, 2.75) is 6.18 Å². The summed E-state index contributed by atoms with van der Waals surface area (Å²) >= 11 is 0. The Morgan fingerprint density at radius 1 is 1.40 bits per heavy atom. The second-order valence-electron chi connectivity index (χ2n) is 3.59. The Balaban J connectivity index is 2.51. The van der Waals surface area contributed by atoms with Crippen LogP contribution in [-0.2, 0) is 4.74 Å². The molecular formula is C9H12F3N5O3. The van der Waals surface area contributed by atoms with Crippen LogP contribution in [-0.4, -0.2) is 35.8 Å². The number of ether oxygens (including phenoxy) is 1. The second-order valence-corrected chi connectivity index (χ2v) is 3.59. The number of hydrogen-bond acceptors (Lipinski definition) is 7. The number of anilines is 2. The third-order valence-electron chi connectivity index (χ3n) is 1.99. The molecule has 0 unspecified atom stereocenters. The van der Waals surface area contributed by atoms with Crippen LogP contribution in [0.5, 0.6) is 0 Å². The summed E-state index contributed by atoms with van der Waals surface area (Å²) in [5.41, 5.74) is 1.89. The summed E-state index contributed by atoms with van der Waals surface area (Å²) in [7, 11) is 0. The highest BCUT2D eigenvalue weighted by Gasteiger charge is 2.27. The smallest absolute Gasteiger partial charge is 0.370 e. The number of hydrogen-bond donors (Lipinski definition) is 3. The van der Waals surface area contributed by atoms with Crippen LogP contribution in [0.1, 0.15) is 0 Å². The lowest BCUT2D eigenvalue weighted by Gasteiger charge is -2.09. The van der Waals surface area contributed by atoms with E-state index in [2.05, 4.69) is 20.5 Å². The van der Waals surface area contributed by atoms with Gasteiger partial charge in [0.2, 0.25) is 0 Å². The van der Waals surface area contributed by atoms with Gasteiger partial charge >= 0.3 is 6.18 Å². The van der Waals surface area contributed by atoms with Crippen LogP contribution in [0, 0.1) is 10.1 Å². The summed E-state index contributed by atoms with van der Waals surface area (Å²) in [5.74, 6) is 5.25. The number of nitrogens with two attached hydrogens (primary N) is 1. The maximum atomic E-state index is 11.8. The summed E-state index contributed by atoms with van der Waals surface area (Å²) < 4.78 is 39.7. The van der Waals surface area contributed by atoms with Crippen LogP contribution in [0.15, 0.2) is 12.1 Å². The Bertz CT molecular complexity index is 469. The number of nitrogens with one attached hydrogen (secondary N) is 2. The van der Waals surface area contributed by atoms with Gasteiger partial charge in [-0.05, 0) is 0 Å². The maximum absolute atomic E-state index is 11.8. The predicted octanol–water partition coefficient (Wildman–Crippen LogP) is 1.27. The molecule has 0 aliphatic carbocycles. The molecule has 0 spiro atoms. The van der Waals surface area contributed by atoms with Crippen molar-refractivity contribution >= 4 is 17.3 Å². The number of nitrogen functional groups attached to an aromatic ring is 1. The van der Waals surface area contributed by atoms with Gasteiger partial charge in [-0.1, -0.05) is 0 Å². The Kier molecular flexibility index (Phi) is 5.46. The number of nitrogens with zero attached hydrogens (tertiary/aromatic N) is 2. The number of halogens is 3. The van der Waals surface area contributed by atoms with Crippen molar-refractivity contribution in [3.05, 3.63) is 22.2 Å². The molecule has 0 atom stereocenters. The largest absolute Gasteiger partial charge is 0.411 e. The van der Waals surface area contributed by atoms with Crippen molar-refractivity contribution in [2.75, 3.05) is 30.5 Å². The number of nitro groups is 1. The van der Waals surface area contributed by atoms with E-state index in [-0.39, 0.29) is 30.5 Å². The normalized spacial score (nSPS) is 11.2. The van der Waals surface area contributed by atoms with E-state index < -0.39 is 17.7 Å². The van der Waals surface area contributed by atoms with E-state index in [1.54, 1.807) is 0 Å². The molecule has 0 fully saturated rings. The summed E-state index contributed by atoms with van der Waals surface area (Å²) in [6, 6.07) is 2.25. The molecule has 20 heavy (non-hydrogen) atoms. The van der Waals surface area contributed by atoms with E-state index in [1.807, 2.05) is 0 Å². The van der Waals surface area contributed by atoms with E-state index in [0.717, 1.165) is 12.1 Å². The zero-order valence-electron chi connectivity index (χ0n) is 10.1. The quantitative estimate of drug-likeness (QED) is 0.300. The minimum Gasteiger partial charge on any atom is -0.370 e. The minimum atomic E-state index is -4.39. The Hall–Kier alpha value is -2.14. The lowest BCUT2D eigenvalue weighted by atomic mass is 10.3. The molecular weight excluding hydrogens is 283 g/mol. The van der Waals surface area contributed by atoms with Crippen LogP contribution in [0.4, 0.5) is 30.5 Å². The molecule has 1 aromatic rings. The monoisotopic (exact) mass is 295 g/mol. The average molecular weight is 295 g/mol. The van der Waals surface area contributed by atoms with Gasteiger partial charge < -0.3 is 15.5 Å². The van der Waals surface area contributed by atoms with E-state index in [9.17, 15) is 23.3 Å². The molecule has 0 radical (unpaired) electrons. The van der Waals surface area contributed by atoms with Gasteiger partial charge in [-0.3, -0.25) is 10.1 Å². The fraction of sp³-hybridized carbons (Fsp3) is 0.444. The van der Waals surface area contributed by atoms with E-state index in [1.165, 1.54) is 0 Å². The lowest BCUT2D eigenvalue weighted by molar-refractivity contribution is -0.384. The van der Waals surface area contributed by atoms with Gasteiger partial charge in [0, 0.05) is 6.54 Å². The fourth-order valence-electron chi connectivity index (χ4n) is 1.23. The number of rotatable bonds is 7. The molecule has 0 bridgehead atoms. The molecule has 4 N–H and O–H groups in total. The van der Waals surface area contributed by atoms with Crippen molar-refractivity contribution in [3.8, 4) is 0 Å². The summed E-state index contributed by atoms with van der Waals surface area (Å²) in [6.07, 6.45) is -4.39. The molecule has 1 rings (SSSR count). The zero-order valence-corrected chi connectivity index (χ0v) is 10.1. The Labute approximate surface area is 111 Å². The first-order valence-corrected chi connectivity index (χ1v) is 5.33. The number of hydrazine groups is 1. The fourth-order valence-corrected chi connectivity index (χ4v) is 1.23. The lowest BCUT2D eigenvalue weighted by Crippen LogP contribution is -2.20. The molecule has 112 valence electrons.